The van der Waals surface area contributed by atoms with E-state index in [-0.39, 0.29) is 11.8 Å². The Balaban J connectivity index is 1.50. The van der Waals surface area contributed by atoms with Crippen molar-refractivity contribution in [1.82, 2.24) is 5.32 Å². The maximum atomic E-state index is 13.5. The molecule has 0 spiro atoms. The van der Waals surface area contributed by atoms with Crippen LogP contribution < -0.4 is 14.8 Å². The number of aliphatic carboxylic acids is 1. The number of amides is 1. The molecular formula is C39H44BrNO5. The van der Waals surface area contributed by atoms with Crippen LogP contribution in [0.1, 0.15) is 93.7 Å². The first-order valence-corrected chi connectivity index (χ1v) is 16.8. The van der Waals surface area contributed by atoms with Gasteiger partial charge in [-0.15, -0.1) is 0 Å². The number of unbranched alkanes of at least 4 members (excludes halogenated alkanes) is 4. The number of hydrogen-bond acceptors (Lipinski definition) is 4. The minimum Gasteiger partial charge on any atom is -0.493 e. The third-order valence-electron chi connectivity index (χ3n) is 7.84. The molecule has 1 amide bonds. The van der Waals surface area contributed by atoms with E-state index in [0.717, 1.165) is 40.6 Å². The highest BCUT2D eigenvalue weighted by atomic mass is 79.9. The monoisotopic (exact) mass is 685 g/mol. The van der Waals surface area contributed by atoms with Gasteiger partial charge in [0.25, 0.3) is 5.91 Å². The van der Waals surface area contributed by atoms with E-state index in [0.29, 0.717) is 29.2 Å². The van der Waals surface area contributed by atoms with E-state index in [1.165, 1.54) is 18.4 Å². The average Bonchev–Trinajstić information content (AvgIpc) is 3.03. The molecule has 0 aliphatic heterocycles. The van der Waals surface area contributed by atoms with Gasteiger partial charge in [-0.3, -0.25) is 9.59 Å². The minimum absolute atomic E-state index is 0.0533. The Hall–Kier alpha value is -4.10. The summed E-state index contributed by atoms with van der Waals surface area (Å²) in [6.07, 6.45) is 5.24. The molecule has 4 rings (SSSR count). The van der Waals surface area contributed by atoms with Gasteiger partial charge in [0.05, 0.1) is 24.6 Å². The van der Waals surface area contributed by atoms with Crippen molar-refractivity contribution in [1.29, 1.82) is 0 Å². The largest absolute Gasteiger partial charge is 0.493 e. The second-order valence-electron chi connectivity index (χ2n) is 12.5. The second-order valence-corrected chi connectivity index (χ2v) is 13.4. The van der Waals surface area contributed by atoms with Gasteiger partial charge in [0.15, 0.2) is 0 Å². The van der Waals surface area contributed by atoms with Crippen LogP contribution in [-0.4, -0.2) is 23.6 Å². The zero-order chi connectivity index (χ0) is 33.1. The predicted octanol–water partition coefficient (Wildman–Crippen LogP) is 10.5. The number of benzene rings is 4. The van der Waals surface area contributed by atoms with Crippen molar-refractivity contribution in [2.75, 3.05) is 6.61 Å². The first-order valence-electron chi connectivity index (χ1n) is 16.0. The number of carbonyl (C=O) groups is 2. The van der Waals surface area contributed by atoms with Gasteiger partial charge in [0.2, 0.25) is 0 Å². The highest BCUT2D eigenvalue weighted by molar-refractivity contribution is 9.10. The molecule has 0 aliphatic carbocycles. The highest BCUT2D eigenvalue weighted by Gasteiger charge is 2.22. The van der Waals surface area contributed by atoms with E-state index in [9.17, 15) is 14.7 Å². The van der Waals surface area contributed by atoms with Crippen LogP contribution in [0.4, 0.5) is 0 Å². The molecule has 242 valence electrons. The lowest BCUT2D eigenvalue weighted by Gasteiger charge is -2.20. The van der Waals surface area contributed by atoms with Crippen molar-refractivity contribution in [3.8, 4) is 28.4 Å². The van der Waals surface area contributed by atoms with Crippen molar-refractivity contribution < 1.29 is 24.2 Å². The van der Waals surface area contributed by atoms with Crippen molar-refractivity contribution in [3.05, 3.63) is 112 Å². The summed E-state index contributed by atoms with van der Waals surface area (Å²) in [4.78, 5) is 25.4. The Labute approximate surface area is 281 Å². The van der Waals surface area contributed by atoms with Gasteiger partial charge in [-0.2, -0.15) is 0 Å². The molecule has 6 nitrogen and oxygen atoms in total. The van der Waals surface area contributed by atoms with E-state index in [1.807, 2.05) is 66.7 Å². The quantitative estimate of drug-likeness (QED) is 0.122. The third kappa shape index (κ3) is 9.95. The fourth-order valence-corrected chi connectivity index (χ4v) is 5.56. The average molecular weight is 687 g/mol. The fraction of sp³-hybridized carbons (Fsp3) is 0.333. The Bertz CT molecular complexity index is 1590. The molecule has 0 saturated carbocycles. The number of para-hydroxylation sites is 1. The van der Waals surface area contributed by atoms with Crippen LogP contribution in [-0.2, 0) is 10.2 Å². The molecule has 4 aromatic carbocycles. The molecular weight excluding hydrogens is 642 g/mol. The topological polar surface area (TPSA) is 84.9 Å². The van der Waals surface area contributed by atoms with Crippen molar-refractivity contribution in [2.45, 2.75) is 77.7 Å². The Morgan fingerprint density at radius 3 is 2.22 bits per heavy atom. The number of rotatable bonds is 15. The highest BCUT2D eigenvalue weighted by Crippen LogP contribution is 2.35. The maximum absolute atomic E-state index is 13.5. The molecule has 0 bridgehead atoms. The van der Waals surface area contributed by atoms with Crippen LogP contribution in [0.3, 0.4) is 0 Å². The van der Waals surface area contributed by atoms with Crippen molar-refractivity contribution in [3.63, 3.8) is 0 Å². The summed E-state index contributed by atoms with van der Waals surface area (Å²) < 4.78 is 13.0. The fourth-order valence-electron chi connectivity index (χ4n) is 5.20. The summed E-state index contributed by atoms with van der Waals surface area (Å²) in [5.41, 5.74) is 4.14. The lowest BCUT2D eigenvalue weighted by Crippen LogP contribution is -2.30. The van der Waals surface area contributed by atoms with Crippen molar-refractivity contribution >= 4 is 27.8 Å². The molecule has 46 heavy (non-hydrogen) atoms. The number of hydrogen-bond donors (Lipinski definition) is 2. The van der Waals surface area contributed by atoms with Gasteiger partial charge in [-0.1, -0.05) is 124 Å². The molecule has 0 radical (unpaired) electrons. The Morgan fingerprint density at radius 2 is 1.54 bits per heavy atom. The molecule has 0 aliphatic rings. The van der Waals surface area contributed by atoms with Crippen LogP contribution in [0.15, 0.2) is 95.5 Å². The van der Waals surface area contributed by atoms with Gasteiger partial charge in [0.1, 0.15) is 17.2 Å². The molecule has 0 heterocycles. The van der Waals surface area contributed by atoms with E-state index >= 15 is 0 Å². The summed E-state index contributed by atoms with van der Waals surface area (Å²) in [7, 11) is 0. The number of ether oxygens (including phenoxy) is 2. The number of carboxylic acid groups (broad SMARTS) is 1. The van der Waals surface area contributed by atoms with Gasteiger partial charge in [-0.25, -0.2) is 0 Å². The van der Waals surface area contributed by atoms with Crippen LogP contribution in [0.5, 0.6) is 17.2 Å². The van der Waals surface area contributed by atoms with Crippen LogP contribution in [0.2, 0.25) is 0 Å². The summed E-state index contributed by atoms with van der Waals surface area (Å²) in [6, 6.07) is 28.1. The normalized spacial score (nSPS) is 11.9. The van der Waals surface area contributed by atoms with Gasteiger partial charge in [0, 0.05) is 10.0 Å². The van der Waals surface area contributed by atoms with Gasteiger partial charge >= 0.3 is 5.97 Å². The Kier molecular flexibility index (Phi) is 12.4. The Morgan fingerprint density at radius 1 is 0.848 bits per heavy atom. The first kappa shape index (κ1) is 34.8. The van der Waals surface area contributed by atoms with Gasteiger partial charge < -0.3 is 19.9 Å². The van der Waals surface area contributed by atoms with Gasteiger partial charge in [-0.05, 0) is 64.9 Å². The van der Waals surface area contributed by atoms with E-state index in [4.69, 9.17) is 9.47 Å². The molecule has 4 aromatic rings. The smallest absolute Gasteiger partial charge is 0.305 e. The molecule has 2 N–H and O–H groups in total. The number of nitrogens with one attached hydrogen (secondary N) is 1. The van der Waals surface area contributed by atoms with Crippen LogP contribution in [0.25, 0.3) is 11.1 Å². The molecule has 7 heteroatoms. The minimum atomic E-state index is -1.01. The van der Waals surface area contributed by atoms with E-state index in [1.54, 1.807) is 12.1 Å². The summed E-state index contributed by atoms with van der Waals surface area (Å²) in [6.45, 7) is 9.23. The van der Waals surface area contributed by atoms with Crippen molar-refractivity contribution in [2.24, 2.45) is 0 Å². The van der Waals surface area contributed by atoms with E-state index in [2.05, 4.69) is 61.1 Å². The predicted molar refractivity (Wildman–Crippen MR) is 188 cm³/mol. The second kappa shape index (κ2) is 16.5. The molecule has 1 atom stereocenters. The lowest BCUT2D eigenvalue weighted by atomic mass is 9.87. The summed E-state index contributed by atoms with van der Waals surface area (Å²) in [5, 5.41) is 12.6. The number of carboxylic acids is 1. The summed E-state index contributed by atoms with van der Waals surface area (Å²) >= 11 is 3.45. The number of halogens is 1. The third-order valence-corrected chi connectivity index (χ3v) is 8.33. The SMILES string of the molecule is CCCCCCCOc1ccc(Br)cc1C(=O)NC(CC(=O)O)c1ccc(-c2ccccc2Oc2ccc(C(C)(C)C)cc2)cc1. The van der Waals surface area contributed by atoms with E-state index < -0.39 is 17.9 Å². The standard InChI is InChI=1S/C39H44BrNO5/c1-5-6-7-8-11-24-45-35-23-20-30(40)25-33(35)38(44)41-34(26-37(42)43)28-16-14-27(15-17-28)32-12-9-10-13-36(32)46-31-21-18-29(19-22-31)39(2,3)4/h9-10,12-23,25,34H,5-8,11,24,26H2,1-4H3,(H,41,44)(H,42,43). The summed E-state index contributed by atoms with van der Waals surface area (Å²) in [5.74, 6) is 0.526. The molecule has 0 saturated heterocycles. The molecule has 0 aromatic heterocycles. The maximum Gasteiger partial charge on any atom is 0.305 e. The molecule has 0 fully saturated rings. The van der Waals surface area contributed by atoms with Crippen LogP contribution in [0, 0.1) is 0 Å². The lowest BCUT2D eigenvalue weighted by molar-refractivity contribution is -0.137. The zero-order valence-electron chi connectivity index (χ0n) is 27.1. The zero-order valence-corrected chi connectivity index (χ0v) is 28.7. The molecule has 1 unspecified atom stereocenters. The van der Waals surface area contributed by atoms with Crippen LogP contribution >= 0.6 is 15.9 Å². The first-order chi connectivity index (χ1) is 22.0. The number of carbonyl (C=O) groups excluding carboxylic acids is 1.